The van der Waals surface area contributed by atoms with Crippen molar-refractivity contribution in [1.29, 1.82) is 0 Å². The molecule has 2 aromatic carbocycles. The van der Waals surface area contributed by atoms with Gasteiger partial charge >= 0.3 is 0 Å². The average molecular weight is 394 g/mol. The summed E-state index contributed by atoms with van der Waals surface area (Å²) in [5, 5.41) is 6.94. The van der Waals surface area contributed by atoms with Gasteiger partial charge in [0.1, 0.15) is 0 Å². The first-order chi connectivity index (χ1) is 13.5. The molecule has 2 N–H and O–H groups in total. The van der Waals surface area contributed by atoms with E-state index in [0.717, 1.165) is 5.56 Å². The van der Waals surface area contributed by atoms with Crippen molar-refractivity contribution >= 4 is 21.6 Å². The predicted molar refractivity (Wildman–Crippen MR) is 106 cm³/mol. The number of aromatic nitrogens is 2. The third-order valence-corrected chi connectivity index (χ3v) is 5.32. The molecule has 0 atom stereocenters. The maximum atomic E-state index is 12.4. The molecule has 0 aliphatic carbocycles. The molecule has 0 fully saturated rings. The fourth-order valence-electron chi connectivity index (χ4n) is 2.48. The highest BCUT2D eigenvalue weighted by molar-refractivity contribution is 7.89. The number of hydrogen-bond donors (Lipinski definition) is 2. The number of nitrogens with one attached hydrogen (secondary N) is 2. The Morgan fingerprint density at radius 2 is 1.82 bits per heavy atom. The molecule has 3 rings (SSSR count). The fraction of sp³-hybridized carbons (Fsp3) is 0.100. The van der Waals surface area contributed by atoms with E-state index >= 15 is 0 Å². The molecule has 0 radical (unpaired) electrons. The van der Waals surface area contributed by atoms with Gasteiger partial charge < -0.3 is 5.32 Å². The van der Waals surface area contributed by atoms with Gasteiger partial charge in [0.15, 0.2) is 0 Å². The van der Waals surface area contributed by atoms with Gasteiger partial charge in [-0.25, -0.2) is 8.42 Å². The Hall–Kier alpha value is -3.41. The van der Waals surface area contributed by atoms with Crippen LogP contribution in [0, 0.1) is 12.3 Å². The Balaban J connectivity index is 1.63. The molecule has 142 valence electrons. The van der Waals surface area contributed by atoms with Crippen molar-refractivity contribution in [2.45, 2.75) is 11.4 Å². The number of benzene rings is 2. The topological polar surface area (TPSA) is 93.1 Å². The second-order valence-corrected chi connectivity index (χ2v) is 7.67. The highest BCUT2D eigenvalue weighted by atomic mass is 32.2. The van der Waals surface area contributed by atoms with Gasteiger partial charge in [-0.3, -0.25) is 9.48 Å². The van der Waals surface area contributed by atoms with E-state index in [4.69, 9.17) is 6.42 Å². The van der Waals surface area contributed by atoms with E-state index in [2.05, 4.69) is 21.1 Å². The Bertz CT molecular complexity index is 1080. The molecule has 0 unspecified atom stereocenters. The van der Waals surface area contributed by atoms with Gasteiger partial charge in [-0.05, 0) is 48.0 Å². The number of rotatable bonds is 7. The average Bonchev–Trinajstić information content (AvgIpc) is 3.21. The molecule has 3 aromatic rings. The second kappa shape index (κ2) is 8.52. The summed E-state index contributed by atoms with van der Waals surface area (Å²) in [5.41, 5.74) is 2.04. The normalized spacial score (nSPS) is 11.0. The Morgan fingerprint density at radius 3 is 2.43 bits per heavy atom. The first-order valence-corrected chi connectivity index (χ1v) is 9.87. The van der Waals surface area contributed by atoms with Gasteiger partial charge in [-0.15, -0.1) is 6.42 Å². The SMILES string of the molecule is C#CCNS(=O)(=O)c1ccc(C(=O)Nc2ccc(Cn3cccn3)cc2)cc1. The molecule has 0 spiro atoms. The van der Waals surface area contributed by atoms with Crippen LogP contribution in [0.2, 0.25) is 0 Å². The summed E-state index contributed by atoms with van der Waals surface area (Å²) in [6.45, 7) is 0.547. The van der Waals surface area contributed by atoms with Crippen molar-refractivity contribution in [1.82, 2.24) is 14.5 Å². The molecule has 0 aliphatic rings. The molecule has 1 aromatic heterocycles. The van der Waals surface area contributed by atoms with Crippen LogP contribution in [-0.4, -0.2) is 30.7 Å². The van der Waals surface area contributed by atoms with E-state index in [-0.39, 0.29) is 17.3 Å². The molecule has 0 saturated heterocycles. The Labute approximate surface area is 163 Å². The first kappa shape index (κ1) is 19.4. The third-order valence-electron chi connectivity index (χ3n) is 3.91. The summed E-state index contributed by atoms with van der Waals surface area (Å²) in [5.74, 6) is 1.87. The van der Waals surface area contributed by atoms with Crippen LogP contribution < -0.4 is 10.0 Å². The van der Waals surface area contributed by atoms with Crippen LogP contribution in [0.25, 0.3) is 0 Å². The zero-order valence-corrected chi connectivity index (χ0v) is 15.7. The highest BCUT2D eigenvalue weighted by Gasteiger charge is 2.14. The summed E-state index contributed by atoms with van der Waals surface area (Å²) in [6.07, 6.45) is 8.65. The van der Waals surface area contributed by atoms with Crippen molar-refractivity contribution < 1.29 is 13.2 Å². The molecular weight excluding hydrogens is 376 g/mol. The third kappa shape index (κ3) is 4.85. The lowest BCUT2D eigenvalue weighted by atomic mass is 10.2. The highest BCUT2D eigenvalue weighted by Crippen LogP contribution is 2.14. The minimum absolute atomic E-state index is 0.0438. The number of carbonyl (C=O) groups excluding carboxylic acids is 1. The van der Waals surface area contributed by atoms with Gasteiger partial charge in [0.25, 0.3) is 5.91 Å². The maximum Gasteiger partial charge on any atom is 0.255 e. The first-order valence-electron chi connectivity index (χ1n) is 8.39. The number of sulfonamides is 1. The molecule has 28 heavy (non-hydrogen) atoms. The molecule has 0 aliphatic heterocycles. The minimum atomic E-state index is -3.68. The fourth-order valence-corrected chi connectivity index (χ4v) is 3.42. The zero-order chi connectivity index (χ0) is 20.0. The van der Waals surface area contributed by atoms with Crippen LogP contribution in [0.1, 0.15) is 15.9 Å². The van der Waals surface area contributed by atoms with Crippen LogP contribution in [0.3, 0.4) is 0 Å². The van der Waals surface area contributed by atoms with Crippen LogP contribution in [-0.2, 0) is 16.6 Å². The van der Waals surface area contributed by atoms with Gasteiger partial charge in [-0.2, -0.15) is 9.82 Å². The van der Waals surface area contributed by atoms with Gasteiger partial charge in [0.2, 0.25) is 10.0 Å². The van der Waals surface area contributed by atoms with Crippen LogP contribution in [0.15, 0.2) is 71.9 Å². The summed E-state index contributed by atoms with van der Waals surface area (Å²) in [7, 11) is -3.68. The Kier molecular flexibility index (Phi) is 5.89. The summed E-state index contributed by atoms with van der Waals surface area (Å²) in [4.78, 5) is 12.4. The van der Waals surface area contributed by atoms with Gasteiger partial charge in [0, 0.05) is 23.6 Å². The van der Waals surface area contributed by atoms with E-state index in [1.807, 2.05) is 29.1 Å². The van der Waals surface area contributed by atoms with Crippen molar-refractivity contribution in [2.75, 3.05) is 11.9 Å². The number of carbonyl (C=O) groups is 1. The molecule has 0 saturated carbocycles. The van der Waals surface area contributed by atoms with Crippen molar-refractivity contribution in [3.63, 3.8) is 0 Å². The summed E-state index contributed by atoms with van der Waals surface area (Å²) in [6, 6.07) is 14.9. The summed E-state index contributed by atoms with van der Waals surface area (Å²) < 4.78 is 28.1. The lowest BCUT2D eigenvalue weighted by molar-refractivity contribution is 0.102. The van der Waals surface area contributed by atoms with Crippen LogP contribution in [0.4, 0.5) is 5.69 Å². The molecule has 7 nitrogen and oxygen atoms in total. The predicted octanol–water partition coefficient (Wildman–Crippen LogP) is 2.10. The number of terminal acetylenes is 1. The van der Waals surface area contributed by atoms with Crippen molar-refractivity contribution in [3.8, 4) is 12.3 Å². The van der Waals surface area contributed by atoms with E-state index in [0.29, 0.717) is 17.8 Å². The number of anilines is 1. The van der Waals surface area contributed by atoms with E-state index < -0.39 is 10.0 Å². The molecule has 1 amide bonds. The molecular formula is C20H18N4O3S. The zero-order valence-electron chi connectivity index (χ0n) is 14.9. The minimum Gasteiger partial charge on any atom is -0.322 e. The van der Waals surface area contributed by atoms with Gasteiger partial charge in [-0.1, -0.05) is 18.1 Å². The lowest BCUT2D eigenvalue weighted by Gasteiger charge is -2.08. The van der Waals surface area contributed by atoms with Crippen molar-refractivity contribution in [3.05, 3.63) is 78.1 Å². The largest absolute Gasteiger partial charge is 0.322 e. The summed E-state index contributed by atoms with van der Waals surface area (Å²) >= 11 is 0. The van der Waals surface area contributed by atoms with Gasteiger partial charge in [0.05, 0.1) is 18.0 Å². The monoisotopic (exact) mass is 394 g/mol. The number of amides is 1. The van der Waals surface area contributed by atoms with Crippen molar-refractivity contribution in [2.24, 2.45) is 0 Å². The second-order valence-electron chi connectivity index (χ2n) is 5.91. The molecule has 8 heteroatoms. The quantitative estimate of drug-likeness (QED) is 0.600. The van der Waals surface area contributed by atoms with E-state index in [1.54, 1.807) is 18.3 Å². The smallest absolute Gasteiger partial charge is 0.255 e. The Morgan fingerprint density at radius 1 is 1.11 bits per heavy atom. The van der Waals surface area contributed by atoms with Crippen LogP contribution in [0.5, 0.6) is 0 Å². The number of hydrogen-bond acceptors (Lipinski definition) is 4. The number of nitrogens with zero attached hydrogens (tertiary/aromatic N) is 2. The standard InChI is InChI=1S/C20H18N4O3S/c1-2-12-22-28(26,27)19-10-6-17(7-11-19)20(25)23-18-8-4-16(5-9-18)15-24-14-3-13-21-24/h1,3-11,13-14,22H,12,15H2,(H,23,25). The van der Waals surface area contributed by atoms with E-state index in [1.165, 1.54) is 24.3 Å². The van der Waals surface area contributed by atoms with E-state index in [9.17, 15) is 13.2 Å². The van der Waals surface area contributed by atoms with Crippen LogP contribution >= 0.6 is 0 Å². The lowest BCUT2D eigenvalue weighted by Crippen LogP contribution is -2.24. The molecule has 0 bridgehead atoms. The maximum absolute atomic E-state index is 12.4. The molecule has 1 heterocycles.